The molecule has 0 radical (unpaired) electrons. The molecule has 11 aromatic carbocycles. The number of benzene rings is 11. The van der Waals surface area contributed by atoms with Crippen LogP contribution >= 0.6 is 0 Å². The second kappa shape index (κ2) is 17.3. The molecule has 1 N–H and O–H groups in total. The fourth-order valence-corrected chi connectivity index (χ4v) is 13.2. The standard InChI is InChI=1S/C74H56N2O2/c1-43(2)48-33-37-52(38-34-48)76(53-36-28-47(6)59(40-53)50-31-25-45(4)26-32-50)65-42-63-71(73-68(65)56-17-9-13-21-66(56)78-73)70-62(74(63)60-19-11-7-15-54(60)55-16-8-12-20-61(55)74)41-64(72-69(70)57-18-10-14-22-67(57)77-72)75-51-35-27-46(5)58(39-51)49-29-23-44(3)24-30-49/h7-43,75H,1-6H3. The number of nitrogens with zero attached hydrogens (tertiary/aromatic N) is 1. The number of rotatable bonds is 8. The van der Waals surface area contributed by atoms with Gasteiger partial charge in [-0.1, -0.05) is 183 Å². The molecule has 0 bridgehead atoms. The van der Waals surface area contributed by atoms with E-state index in [0.29, 0.717) is 5.92 Å². The Morgan fingerprint density at radius 2 is 0.949 bits per heavy atom. The van der Waals surface area contributed by atoms with Crippen molar-refractivity contribution in [3.05, 3.63) is 268 Å². The minimum absolute atomic E-state index is 0.377. The van der Waals surface area contributed by atoms with Gasteiger partial charge in [0.2, 0.25) is 0 Å². The van der Waals surface area contributed by atoms with Crippen molar-refractivity contribution >= 4 is 72.3 Å². The molecule has 0 amide bonds. The van der Waals surface area contributed by atoms with Gasteiger partial charge in [-0.2, -0.15) is 0 Å². The molecule has 0 fully saturated rings. The Labute approximate surface area is 454 Å². The Balaban J connectivity index is 1.08. The Morgan fingerprint density at radius 3 is 1.58 bits per heavy atom. The van der Waals surface area contributed by atoms with Gasteiger partial charge in [0.15, 0.2) is 5.58 Å². The quantitative estimate of drug-likeness (QED) is 0.165. The van der Waals surface area contributed by atoms with E-state index in [1.54, 1.807) is 0 Å². The molecule has 1 spiro atoms. The van der Waals surface area contributed by atoms with E-state index in [4.69, 9.17) is 8.83 Å². The van der Waals surface area contributed by atoms with E-state index in [1.807, 2.05) is 0 Å². The lowest BCUT2D eigenvalue weighted by Crippen LogP contribution is -2.26. The van der Waals surface area contributed by atoms with E-state index in [0.717, 1.165) is 83.4 Å². The maximum absolute atomic E-state index is 7.53. The van der Waals surface area contributed by atoms with Crippen LogP contribution in [0.1, 0.15) is 69.8 Å². The Kier molecular flexibility index (Phi) is 10.2. The van der Waals surface area contributed by atoms with Crippen molar-refractivity contribution in [2.24, 2.45) is 0 Å². The van der Waals surface area contributed by atoms with E-state index in [1.165, 1.54) is 83.5 Å². The van der Waals surface area contributed by atoms with E-state index in [9.17, 15) is 0 Å². The van der Waals surface area contributed by atoms with Crippen LogP contribution in [0.5, 0.6) is 0 Å². The second-order valence-corrected chi connectivity index (χ2v) is 22.1. The highest BCUT2D eigenvalue weighted by molar-refractivity contribution is 6.26. The van der Waals surface area contributed by atoms with Crippen LogP contribution in [-0.2, 0) is 5.41 Å². The highest BCUT2D eigenvalue weighted by atomic mass is 16.3. The minimum atomic E-state index is -0.781. The molecule has 0 saturated carbocycles. The van der Waals surface area contributed by atoms with Crippen molar-refractivity contribution in [2.45, 2.75) is 52.9 Å². The van der Waals surface area contributed by atoms with Gasteiger partial charge in [-0.25, -0.2) is 0 Å². The fraction of sp³-hybridized carbons (Fsp3) is 0.108. The second-order valence-electron chi connectivity index (χ2n) is 22.1. The number of aryl methyl sites for hydroxylation is 4. The van der Waals surface area contributed by atoms with Crippen LogP contribution < -0.4 is 10.2 Å². The van der Waals surface area contributed by atoms with E-state index < -0.39 is 5.41 Å². The summed E-state index contributed by atoms with van der Waals surface area (Å²) in [6.45, 7) is 13.2. The van der Waals surface area contributed by atoms with Gasteiger partial charge in [-0.05, 0) is 167 Å². The van der Waals surface area contributed by atoms with Crippen molar-refractivity contribution < 1.29 is 8.83 Å². The first kappa shape index (κ1) is 46.0. The van der Waals surface area contributed by atoms with Gasteiger partial charge in [0.1, 0.15) is 16.7 Å². The summed E-state index contributed by atoms with van der Waals surface area (Å²) in [5.74, 6) is 0.377. The largest absolute Gasteiger partial charge is 0.455 e. The molecule has 0 aliphatic heterocycles. The normalized spacial score (nSPS) is 13.0. The summed E-state index contributed by atoms with van der Waals surface area (Å²) in [4.78, 5) is 2.49. The molecule has 374 valence electrons. The van der Waals surface area contributed by atoms with Gasteiger partial charge >= 0.3 is 0 Å². The average molecular weight is 1010 g/mol. The molecule has 4 nitrogen and oxygen atoms in total. The molecular weight excluding hydrogens is 949 g/mol. The number of fused-ring (bicyclic) bond motifs is 18. The molecule has 0 unspecified atom stereocenters. The van der Waals surface area contributed by atoms with E-state index in [-0.39, 0.29) is 0 Å². The number of hydrogen-bond donors (Lipinski definition) is 1. The minimum Gasteiger partial charge on any atom is -0.455 e. The lowest BCUT2D eigenvalue weighted by atomic mass is 9.70. The smallest absolute Gasteiger partial charge is 0.159 e. The maximum Gasteiger partial charge on any atom is 0.159 e. The third-order valence-electron chi connectivity index (χ3n) is 17.1. The molecule has 4 heteroatoms. The van der Waals surface area contributed by atoms with Crippen LogP contribution in [0.4, 0.5) is 28.4 Å². The Hall–Kier alpha value is -9.38. The highest BCUT2D eigenvalue weighted by Gasteiger charge is 2.54. The number of hydrogen-bond acceptors (Lipinski definition) is 4. The summed E-state index contributed by atoms with van der Waals surface area (Å²) in [5.41, 5.74) is 28.1. The van der Waals surface area contributed by atoms with Crippen LogP contribution in [0.15, 0.2) is 227 Å². The van der Waals surface area contributed by atoms with Crippen LogP contribution in [0.25, 0.3) is 88.4 Å². The number of anilines is 5. The molecule has 13 aromatic rings. The van der Waals surface area contributed by atoms with Crippen molar-refractivity contribution in [3.8, 4) is 44.5 Å². The van der Waals surface area contributed by atoms with Gasteiger partial charge in [-0.3, -0.25) is 0 Å². The van der Waals surface area contributed by atoms with Crippen molar-refractivity contribution in [2.75, 3.05) is 10.2 Å². The van der Waals surface area contributed by atoms with Crippen molar-refractivity contribution in [1.82, 2.24) is 0 Å². The number of para-hydroxylation sites is 2. The van der Waals surface area contributed by atoms with E-state index >= 15 is 0 Å². The van der Waals surface area contributed by atoms with E-state index in [2.05, 4.69) is 270 Å². The summed E-state index contributed by atoms with van der Waals surface area (Å²) in [7, 11) is 0. The SMILES string of the molecule is Cc1ccc(-c2cc(Nc3cc4c(c5c3oc3ccccc35)-c3c(cc(N(c5ccc(C(C)C)cc5)c5ccc(C)c(-c6ccc(C)cc6)c5)c5c3oc3ccccc35)C43c4ccccc4-c4ccccc43)ccc2C)cc1. The summed E-state index contributed by atoms with van der Waals surface area (Å²) in [6.07, 6.45) is 0. The first-order chi connectivity index (χ1) is 38.1. The maximum atomic E-state index is 7.53. The molecule has 2 aliphatic carbocycles. The Morgan fingerprint density at radius 1 is 0.423 bits per heavy atom. The topological polar surface area (TPSA) is 41.6 Å². The van der Waals surface area contributed by atoms with Gasteiger partial charge in [0.25, 0.3) is 0 Å². The summed E-state index contributed by atoms with van der Waals surface area (Å²) >= 11 is 0. The lowest BCUT2D eigenvalue weighted by molar-refractivity contribution is 0.669. The monoisotopic (exact) mass is 1000 g/mol. The molecule has 2 aliphatic rings. The van der Waals surface area contributed by atoms with Crippen molar-refractivity contribution in [1.29, 1.82) is 0 Å². The van der Waals surface area contributed by atoms with Crippen LogP contribution in [0, 0.1) is 27.7 Å². The van der Waals surface area contributed by atoms with Crippen LogP contribution in [-0.4, -0.2) is 0 Å². The molecule has 2 aromatic heterocycles. The molecule has 0 atom stereocenters. The molecular formula is C74H56N2O2. The molecule has 15 rings (SSSR count). The summed E-state index contributed by atoms with van der Waals surface area (Å²) in [6, 6.07) is 80.9. The van der Waals surface area contributed by atoms with Gasteiger partial charge in [0, 0.05) is 44.3 Å². The molecule has 2 heterocycles. The predicted molar refractivity (Wildman–Crippen MR) is 326 cm³/mol. The zero-order valence-corrected chi connectivity index (χ0v) is 44.6. The molecule has 0 saturated heterocycles. The third kappa shape index (κ3) is 6.72. The number of furan rings is 2. The number of nitrogens with one attached hydrogen (secondary N) is 1. The first-order valence-corrected chi connectivity index (χ1v) is 27.3. The van der Waals surface area contributed by atoms with Crippen LogP contribution in [0.3, 0.4) is 0 Å². The lowest BCUT2D eigenvalue weighted by Gasteiger charge is -2.33. The Bertz CT molecular complexity index is 4540. The molecule has 78 heavy (non-hydrogen) atoms. The highest BCUT2D eigenvalue weighted by Crippen LogP contribution is 2.67. The fourth-order valence-electron chi connectivity index (χ4n) is 13.2. The zero-order chi connectivity index (χ0) is 52.6. The van der Waals surface area contributed by atoms with Gasteiger partial charge in [-0.15, -0.1) is 0 Å². The predicted octanol–water partition coefficient (Wildman–Crippen LogP) is 20.7. The van der Waals surface area contributed by atoms with Gasteiger partial charge in [0.05, 0.1) is 22.2 Å². The van der Waals surface area contributed by atoms with Crippen LogP contribution in [0.2, 0.25) is 0 Å². The zero-order valence-electron chi connectivity index (χ0n) is 44.6. The summed E-state index contributed by atoms with van der Waals surface area (Å²) < 4.78 is 14.7. The van der Waals surface area contributed by atoms with Gasteiger partial charge < -0.3 is 19.1 Å². The third-order valence-corrected chi connectivity index (χ3v) is 17.1. The first-order valence-electron chi connectivity index (χ1n) is 27.3. The van der Waals surface area contributed by atoms with Crippen molar-refractivity contribution in [3.63, 3.8) is 0 Å². The summed E-state index contributed by atoms with van der Waals surface area (Å²) in [5, 5.41) is 8.25. The average Bonchev–Trinajstić information content (AvgIpc) is 3.80.